The minimum Gasteiger partial charge on any atom is -0.466 e. The van der Waals surface area contributed by atoms with Gasteiger partial charge in [0.15, 0.2) is 0 Å². The summed E-state index contributed by atoms with van der Waals surface area (Å²) in [6, 6.07) is 7.82. The lowest BCUT2D eigenvalue weighted by Gasteiger charge is -2.15. The van der Waals surface area contributed by atoms with Crippen molar-refractivity contribution in [2.45, 2.75) is 33.7 Å². The van der Waals surface area contributed by atoms with E-state index in [-0.39, 0.29) is 6.04 Å². The topological polar surface area (TPSA) is 61.9 Å². The molecule has 0 bridgehead atoms. The monoisotopic (exact) mass is 255 g/mol. The fraction of sp³-hybridized carbons (Fsp3) is 0.333. The van der Waals surface area contributed by atoms with Crippen LogP contribution in [-0.4, -0.2) is 4.98 Å². The van der Waals surface area contributed by atoms with Gasteiger partial charge in [-0.2, -0.15) is 5.26 Å². The second-order valence-corrected chi connectivity index (χ2v) is 4.70. The molecule has 0 saturated heterocycles. The van der Waals surface area contributed by atoms with Crippen molar-refractivity contribution in [3.05, 3.63) is 46.5 Å². The Kier molecular flexibility index (Phi) is 3.57. The molecule has 2 aromatic heterocycles. The lowest BCUT2D eigenvalue weighted by atomic mass is 10.1. The summed E-state index contributed by atoms with van der Waals surface area (Å²) >= 11 is 0. The highest BCUT2D eigenvalue weighted by atomic mass is 16.3. The molecule has 1 N–H and O–H groups in total. The predicted molar refractivity (Wildman–Crippen MR) is 73.9 cm³/mol. The van der Waals surface area contributed by atoms with Gasteiger partial charge >= 0.3 is 0 Å². The molecule has 2 rings (SSSR count). The minimum atomic E-state index is 0.0406. The Morgan fingerprint density at radius 3 is 2.63 bits per heavy atom. The molecule has 2 heterocycles. The SMILES string of the molecule is Cc1ccc(C#N)c(NC(C)c2cc(C)oc2C)n1. The molecular formula is C15H17N3O. The quantitative estimate of drug-likeness (QED) is 0.909. The van der Waals surface area contributed by atoms with E-state index >= 15 is 0 Å². The van der Waals surface area contributed by atoms with Crippen molar-refractivity contribution in [3.8, 4) is 6.07 Å². The van der Waals surface area contributed by atoms with Gasteiger partial charge in [0.1, 0.15) is 23.4 Å². The van der Waals surface area contributed by atoms with E-state index in [0.29, 0.717) is 11.4 Å². The van der Waals surface area contributed by atoms with Gasteiger partial charge in [-0.1, -0.05) is 0 Å². The van der Waals surface area contributed by atoms with E-state index in [1.165, 1.54) is 0 Å². The summed E-state index contributed by atoms with van der Waals surface area (Å²) in [5.74, 6) is 2.40. The Hall–Kier alpha value is -2.28. The molecule has 0 radical (unpaired) electrons. The van der Waals surface area contributed by atoms with Crippen LogP contribution in [-0.2, 0) is 0 Å². The Morgan fingerprint density at radius 1 is 1.32 bits per heavy atom. The van der Waals surface area contributed by atoms with Gasteiger partial charge < -0.3 is 9.73 Å². The molecule has 19 heavy (non-hydrogen) atoms. The third-order valence-corrected chi connectivity index (χ3v) is 3.05. The van der Waals surface area contributed by atoms with Crippen molar-refractivity contribution in [1.82, 2.24) is 4.98 Å². The second kappa shape index (κ2) is 5.15. The van der Waals surface area contributed by atoms with Crippen LogP contribution in [0.2, 0.25) is 0 Å². The first-order valence-corrected chi connectivity index (χ1v) is 6.22. The summed E-state index contributed by atoms with van der Waals surface area (Å²) in [5, 5.41) is 12.4. The number of anilines is 1. The second-order valence-electron chi connectivity index (χ2n) is 4.70. The van der Waals surface area contributed by atoms with Crippen LogP contribution in [0, 0.1) is 32.1 Å². The summed E-state index contributed by atoms with van der Waals surface area (Å²) in [4.78, 5) is 4.38. The molecule has 0 aliphatic heterocycles. The number of rotatable bonds is 3. The van der Waals surface area contributed by atoms with Crippen LogP contribution in [0.3, 0.4) is 0 Å². The van der Waals surface area contributed by atoms with E-state index in [1.54, 1.807) is 6.07 Å². The first kappa shape index (κ1) is 13.2. The first-order chi connectivity index (χ1) is 9.01. The van der Waals surface area contributed by atoms with Crippen molar-refractivity contribution in [3.63, 3.8) is 0 Å². The molecule has 4 nitrogen and oxygen atoms in total. The number of aryl methyl sites for hydroxylation is 3. The fourth-order valence-electron chi connectivity index (χ4n) is 2.12. The van der Waals surface area contributed by atoms with Gasteiger partial charge in [0.2, 0.25) is 0 Å². The van der Waals surface area contributed by atoms with Crippen molar-refractivity contribution in [2.75, 3.05) is 5.32 Å². The standard InChI is InChI=1S/C15H17N3O/c1-9-5-6-13(8-16)15(17-9)18-11(3)14-7-10(2)19-12(14)4/h5-7,11H,1-4H3,(H,17,18). The highest BCUT2D eigenvalue weighted by Crippen LogP contribution is 2.25. The number of nitrogens with one attached hydrogen (secondary N) is 1. The average molecular weight is 255 g/mol. The zero-order chi connectivity index (χ0) is 14.0. The Balaban J connectivity index is 2.29. The van der Waals surface area contributed by atoms with Gasteiger partial charge in [-0.25, -0.2) is 4.98 Å². The number of hydrogen-bond donors (Lipinski definition) is 1. The minimum absolute atomic E-state index is 0.0406. The van der Waals surface area contributed by atoms with Crippen molar-refractivity contribution in [2.24, 2.45) is 0 Å². The van der Waals surface area contributed by atoms with E-state index < -0.39 is 0 Å². The average Bonchev–Trinajstić information content (AvgIpc) is 2.69. The van der Waals surface area contributed by atoms with Crippen LogP contribution in [0.1, 0.15) is 41.3 Å². The van der Waals surface area contributed by atoms with Crippen LogP contribution in [0.15, 0.2) is 22.6 Å². The lowest BCUT2D eigenvalue weighted by molar-refractivity contribution is 0.499. The van der Waals surface area contributed by atoms with E-state index in [4.69, 9.17) is 9.68 Å². The summed E-state index contributed by atoms with van der Waals surface area (Å²) in [6.45, 7) is 7.80. The molecule has 1 unspecified atom stereocenters. The van der Waals surface area contributed by atoms with Gasteiger partial charge in [-0.05, 0) is 45.9 Å². The summed E-state index contributed by atoms with van der Waals surface area (Å²) < 4.78 is 5.53. The third-order valence-electron chi connectivity index (χ3n) is 3.05. The van der Waals surface area contributed by atoms with E-state index in [9.17, 15) is 0 Å². The molecule has 0 saturated carbocycles. The summed E-state index contributed by atoms with van der Waals surface area (Å²) in [5.41, 5.74) is 2.52. The Bertz CT molecular complexity index is 637. The molecule has 0 aromatic carbocycles. The van der Waals surface area contributed by atoms with E-state index in [0.717, 1.165) is 22.8 Å². The summed E-state index contributed by atoms with van der Waals surface area (Å²) in [6.07, 6.45) is 0. The van der Waals surface area contributed by atoms with Gasteiger partial charge in [0.25, 0.3) is 0 Å². The highest BCUT2D eigenvalue weighted by molar-refractivity contribution is 5.53. The Morgan fingerprint density at radius 2 is 2.05 bits per heavy atom. The maximum atomic E-state index is 9.10. The van der Waals surface area contributed by atoms with E-state index in [2.05, 4.69) is 16.4 Å². The molecular weight excluding hydrogens is 238 g/mol. The van der Waals surface area contributed by atoms with Crippen molar-refractivity contribution < 1.29 is 4.42 Å². The zero-order valence-corrected chi connectivity index (χ0v) is 11.6. The number of aromatic nitrogens is 1. The number of nitriles is 1. The molecule has 0 aliphatic carbocycles. The van der Waals surface area contributed by atoms with E-state index in [1.807, 2.05) is 39.8 Å². The fourth-order valence-corrected chi connectivity index (χ4v) is 2.12. The molecule has 0 fully saturated rings. The number of hydrogen-bond acceptors (Lipinski definition) is 4. The van der Waals surface area contributed by atoms with Crippen LogP contribution >= 0.6 is 0 Å². The molecule has 1 atom stereocenters. The normalized spacial score (nSPS) is 11.9. The van der Waals surface area contributed by atoms with Crippen LogP contribution < -0.4 is 5.32 Å². The molecule has 0 aliphatic rings. The lowest BCUT2D eigenvalue weighted by Crippen LogP contribution is -2.10. The maximum Gasteiger partial charge on any atom is 0.144 e. The summed E-state index contributed by atoms with van der Waals surface area (Å²) in [7, 11) is 0. The highest BCUT2D eigenvalue weighted by Gasteiger charge is 2.14. The smallest absolute Gasteiger partial charge is 0.144 e. The number of furan rings is 1. The number of nitrogens with zero attached hydrogens (tertiary/aromatic N) is 2. The van der Waals surface area contributed by atoms with Crippen LogP contribution in [0.5, 0.6) is 0 Å². The predicted octanol–water partition coefficient (Wildman–Crippen LogP) is 3.64. The molecule has 0 spiro atoms. The van der Waals surface area contributed by atoms with Gasteiger partial charge in [-0.15, -0.1) is 0 Å². The molecule has 4 heteroatoms. The third kappa shape index (κ3) is 2.76. The largest absolute Gasteiger partial charge is 0.466 e. The van der Waals surface area contributed by atoms with Gasteiger partial charge in [0.05, 0.1) is 11.6 Å². The van der Waals surface area contributed by atoms with Gasteiger partial charge in [-0.3, -0.25) is 0 Å². The van der Waals surface area contributed by atoms with Crippen LogP contribution in [0.25, 0.3) is 0 Å². The molecule has 98 valence electrons. The molecule has 0 amide bonds. The van der Waals surface area contributed by atoms with Crippen LogP contribution in [0.4, 0.5) is 5.82 Å². The van der Waals surface area contributed by atoms with Gasteiger partial charge in [0, 0.05) is 11.3 Å². The zero-order valence-electron chi connectivity index (χ0n) is 11.6. The van der Waals surface area contributed by atoms with Crippen molar-refractivity contribution >= 4 is 5.82 Å². The maximum absolute atomic E-state index is 9.10. The Labute approximate surface area is 113 Å². The first-order valence-electron chi connectivity index (χ1n) is 6.22. The molecule has 2 aromatic rings. The number of pyridine rings is 1. The van der Waals surface area contributed by atoms with Crippen molar-refractivity contribution in [1.29, 1.82) is 5.26 Å².